The molecule has 0 unspecified atom stereocenters. The molecule has 2 aromatic rings. The molecule has 2 heterocycles. The maximum absolute atomic E-state index is 12.7. The van der Waals surface area contributed by atoms with Crippen LogP contribution in [0.2, 0.25) is 0 Å². The second-order valence-corrected chi connectivity index (χ2v) is 7.82. The number of hydrogen-bond donors (Lipinski definition) is 1. The number of rotatable bonds is 4. The van der Waals surface area contributed by atoms with Gasteiger partial charge in [-0.25, -0.2) is 0 Å². The van der Waals surface area contributed by atoms with Crippen LogP contribution >= 0.6 is 11.3 Å². The molecule has 1 aromatic heterocycles. The van der Waals surface area contributed by atoms with Gasteiger partial charge < -0.3 is 15.0 Å². The van der Waals surface area contributed by atoms with Crippen molar-refractivity contribution in [3.05, 3.63) is 46.2 Å². The number of morpholine rings is 1. The van der Waals surface area contributed by atoms with E-state index >= 15 is 0 Å². The lowest BCUT2D eigenvalue weighted by Gasteiger charge is -2.30. The van der Waals surface area contributed by atoms with Crippen LogP contribution in [0.1, 0.15) is 22.1 Å². The molecule has 1 saturated carbocycles. The standard InChI is InChI=1S/C19H22N2O2S/c1-13-6-7-18(24-13)14-12-15(14)19(22)20-16-4-2-3-5-17(16)21-8-10-23-11-9-21/h2-7,14-15H,8-12H2,1H3,(H,20,22)/t14-,15-/m1/s1. The SMILES string of the molecule is Cc1ccc([C@@H]2C[C@H]2C(=O)Nc2ccccc2N2CCOCC2)s1. The van der Waals surface area contributed by atoms with E-state index < -0.39 is 0 Å². The van der Waals surface area contributed by atoms with Gasteiger partial charge >= 0.3 is 0 Å². The van der Waals surface area contributed by atoms with Crippen LogP contribution in [0.4, 0.5) is 11.4 Å². The Labute approximate surface area is 146 Å². The zero-order valence-corrected chi connectivity index (χ0v) is 14.6. The van der Waals surface area contributed by atoms with E-state index in [1.807, 2.05) is 29.5 Å². The number of benzene rings is 1. The van der Waals surface area contributed by atoms with Crippen LogP contribution in [-0.4, -0.2) is 32.2 Å². The van der Waals surface area contributed by atoms with Crippen molar-refractivity contribution in [3.8, 4) is 0 Å². The van der Waals surface area contributed by atoms with Gasteiger partial charge in [-0.05, 0) is 37.6 Å². The van der Waals surface area contributed by atoms with Crippen molar-refractivity contribution in [1.29, 1.82) is 0 Å². The van der Waals surface area contributed by atoms with Crippen molar-refractivity contribution < 1.29 is 9.53 Å². The first-order valence-electron chi connectivity index (χ1n) is 8.51. The number of aryl methyl sites for hydroxylation is 1. The quantitative estimate of drug-likeness (QED) is 0.922. The molecule has 2 aliphatic rings. The van der Waals surface area contributed by atoms with E-state index in [4.69, 9.17) is 4.74 Å². The van der Waals surface area contributed by atoms with Gasteiger partial charge in [0.2, 0.25) is 5.91 Å². The number of carbonyl (C=O) groups is 1. The predicted octanol–water partition coefficient (Wildman–Crippen LogP) is 3.64. The van der Waals surface area contributed by atoms with Crippen molar-refractivity contribution in [3.63, 3.8) is 0 Å². The van der Waals surface area contributed by atoms with E-state index in [1.165, 1.54) is 9.75 Å². The van der Waals surface area contributed by atoms with Gasteiger partial charge in [0.05, 0.1) is 24.6 Å². The Morgan fingerprint density at radius 2 is 2.00 bits per heavy atom. The Balaban J connectivity index is 1.45. The van der Waals surface area contributed by atoms with Crippen molar-refractivity contribution in [2.24, 2.45) is 5.92 Å². The summed E-state index contributed by atoms with van der Waals surface area (Å²) in [6, 6.07) is 12.4. The molecule has 1 aromatic carbocycles. The first-order chi connectivity index (χ1) is 11.7. The average molecular weight is 342 g/mol. The van der Waals surface area contributed by atoms with Crippen LogP contribution in [0.5, 0.6) is 0 Å². The van der Waals surface area contributed by atoms with Gasteiger partial charge in [0.1, 0.15) is 0 Å². The molecule has 24 heavy (non-hydrogen) atoms. The maximum atomic E-state index is 12.7. The smallest absolute Gasteiger partial charge is 0.228 e. The maximum Gasteiger partial charge on any atom is 0.228 e. The molecule has 2 fully saturated rings. The summed E-state index contributed by atoms with van der Waals surface area (Å²) in [6.45, 7) is 5.33. The summed E-state index contributed by atoms with van der Waals surface area (Å²) in [6.07, 6.45) is 0.964. The highest BCUT2D eigenvalue weighted by Gasteiger charge is 2.44. The number of anilines is 2. The number of thiophene rings is 1. The largest absolute Gasteiger partial charge is 0.378 e. The highest BCUT2D eigenvalue weighted by Crippen LogP contribution is 2.50. The molecule has 1 amide bonds. The third-order valence-electron chi connectivity index (χ3n) is 4.77. The number of hydrogen-bond acceptors (Lipinski definition) is 4. The molecule has 2 atom stereocenters. The number of nitrogens with zero attached hydrogens (tertiary/aromatic N) is 1. The van der Waals surface area contributed by atoms with Crippen LogP contribution < -0.4 is 10.2 Å². The molecule has 1 N–H and O–H groups in total. The molecule has 126 valence electrons. The minimum absolute atomic E-state index is 0.112. The monoisotopic (exact) mass is 342 g/mol. The molecule has 4 rings (SSSR count). The number of amides is 1. The van der Waals surface area contributed by atoms with E-state index in [-0.39, 0.29) is 11.8 Å². The molecule has 4 nitrogen and oxygen atoms in total. The van der Waals surface area contributed by atoms with E-state index in [0.717, 1.165) is 44.1 Å². The highest BCUT2D eigenvalue weighted by molar-refractivity contribution is 7.12. The summed E-state index contributed by atoms with van der Waals surface area (Å²) in [5.74, 6) is 0.659. The van der Waals surface area contributed by atoms with Crippen LogP contribution in [0.15, 0.2) is 36.4 Å². The zero-order valence-electron chi connectivity index (χ0n) is 13.8. The fourth-order valence-corrected chi connectivity index (χ4v) is 4.39. The summed E-state index contributed by atoms with van der Waals surface area (Å²) in [5, 5.41) is 3.16. The second-order valence-electron chi connectivity index (χ2n) is 6.50. The summed E-state index contributed by atoms with van der Waals surface area (Å²) < 4.78 is 5.43. The van der Waals surface area contributed by atoms with Gasteiger partial charge in [0.25, 0.3) is 0 Å². The van der Waals surface area contributed by atoms with E-state index in [1.54, 1.807) is 0 Å². The average Bonchev–Trinajstić information content (AvgIpc) is 3.30. The minimum Gasteiger partial charge on any atom is -0.378 e. The van der Waals surface area contributed by atoms with Gasteiger partial charge in [-0.3, -0.25) is 4.79 Å². The molecule has 0 spiro atoms. The fraction of sp³-hybridized carbons (Fsp3) is 0.421. The van der Waals surface area contributed by atoms with Crippen LogP contribution in [0, 0.1) is 12.8 Å². The Bertz CT molecular complexity index is 736. The highest BCUT2D eigenvalue weighted by atomic mass is 32.1. The molecule has 0 bridgehead atoms. The molecule has 1 saturated heterocycles. The van der Waals surface area contributed by atoms with Crippen LogP contribution in [-0.2, 0) is 9.53 Å². The van der Waals surface area contributed by atoms with Crippen molar-refractivity contribution in [2.75, 3.05) is 36.5 Å². The Morgan fingerprint density at radius 1 is 1.21 bits per heavy atom. The summed E-state index contributed by atoms with van der Waals surface area (Å²) in [4.78, 5) is 17.6. The molecular weight excluding hydrogens is 320 g/mol. The molecule has 0 radical (unpaired) electrons. The van der Waals surface area contributed by atoms with E-state index in [9.17, 15) is 4.79 Å². The van der Waals surface area contributed by atoms with Crippen molar-refractivity contribution in [1.82, 2.24) is 0 Å². The third kappa shape index (κ3) is 3.19. The summed E-state index contributed by atoms with van der Waals surface area (Å²) in [7, 11) is 0. The number of ether oxygens (including phenoxy) is 1. The Kier molecular flexibility index (Phi) is 4.29. The van der Waals surface area contributed by atoms with Crippen LogP contribution in [0.25, 0.3) is 0 Å². The zero-order chi connectivity index (χ0) is 16.5. The lowest BCUT2D eigenvalue weighted by molar-refractivity contribution is -0.117. The number of carbonyl (C=O) groups excluding carboxylic acids is 1. The molecule has 1 aliphatic carbocycles. The Hall–Kier alpha value is -1.85. The lowest BCUT2D eigenvalue weighted by Crippen LogP contribution is -2.36. The van der Waals surface area contributed by atoms with E-state index in [0.29, 0.717) is 5.92 Å². The Morgan fingerprint density at radius 3 is 2.75 bits per heavy atom. The third-order valence-corrected chi connectivity index (χ3v) is 5.90. The predicted molar refractivity (Wildman–Crippen MR) is 98.0 cm³/mol. The topological polar surface area (TPSA) is 41.6 Å². The van der Waals surface area contributed by atoms with Gasteiger partial charge in [0.15, 0.2) is 0 Å². The van der Waals surface area contributed by atoms with E-state index in [2.05, 4.69) is 35.3 Å². The van der Waals surface area contributed by atoms with Gasteiger partial charge in [-0.2, -0.15) is 0 Å². The normalized spacial score (nSPS) is 23.1. The van der Waals surface area contributed by atoms with Crippen molar-refractivity contribution >= 4 is 28.6 Å². The first kappa shape index (κ1) is 15.7. The van der Waals surface area contributed by atoms with Gasteiger partial charge in [-0.1, -0.05) is 12.1 Å². The van der Waals surface area contributed by atoms with Gasteiger partial charge in [-0.15, -0.1) is 11.3 Å². The summed E-state index contributed by atoms with van der Waals surface area (Å²) in [5.41, 5.74) is 2.01. The van der Waals surface area contributed by atoms with Crippen molar-refractivity contribution in [2.45, 2.75) is 19.3 Å². The number of nitrogens with one attached hydrogen (secondary N) is 1. The molecule has 5 heteroatoms. The minimum atomic E-state index is 0.112. The van der Waals surface area contributed by atoms with Gasteiger partial charge in [0, 0.05) is 34.7 Å². The van der Waals surface area contributed by atoms with Crippen LogP contribution in [0.3, 0.4) is 0 Å². The molecular formula is C19H22N2O2S. The fourth-order valence-electron chi connectivity index (χ4n) is 3.34. The second kappa shape index (κ2) is 6.57. The number of para-hydroxylation sites is 2. The molecule has 1 aliphatic heterocycles. The lowest BCUT2D eigenvalue weighted by atomic mass is 10.2. The first-order valence-corrected chi connectivity index (χ1v) is 9.33. The summed E-state index contributed by atoms with van der Waals surface area (Å²) >= 11 is 1.81.